The molecule has 1 aromatic rings. The zero-order valence-corrected chi connectivity index (χ0v) is 16.7. The van der Waals surface area contributed by atoms with E-state index in [0.717, 1.165) is 54.4 Å². The van der Waals surface area contributed by atoms with Gasteiger partial charge in [0.1, 0.15) is 4.32 Å². The Kier molecular flexibility index (Phi) is 6.12. The number of amides is 1. The maximum absolute atomic E-state index is 12.2. The summed E-state index contributed by atoms with van der Waals surface area (Å²) in [6.07, 6.45) is 3.32. The van der Waals surface area contributed by atoms with Crippen LogP contribution in [0, 0.1) is 5.92 Å². The van der Waals surface area contributed by atoms with Gasteiger partial charge in [0, 0.05) is 4.88 Å². The van der Waals surface area contributed by atoms with Crippen molar-refractivity contribution in [2.75, 3.05) is 44.3 Å². The predicted octanol–water partition coefficient (Wildman–Crippen LogP) is 1.05. The lowest BCUT2D eigenvalue weighted by Gasteiger charge is -2.31. The number of nitrogens with one attached hydrogen (secondary N) is 2. The highest BCUT2D eigenvalue weighted by molar-refractivity contribution is 8.23. The normalized spacial score (nSPS) is 21.4. The second-order valence-corrected chi connectivity index (χ2v) is 9.48. The lowest BCUT2D eigenvalue weighted by atomic mass is 9.93. The van der Waals surface area contributed by atoms with Crippen molar-refractivity contribution in [1.29, 1.82) is 0 Å². The summed E-state index contributed by atoms with van der Waals surface area (Å²) in [6, 6.07) is 0. The third-order valence-corrected chi connectivity index (χ3v) is 7.19. The molecule has 1 aromatic heterocycles. The van der Waals surface area contributed by atoms with E-state index in [4.69, 9.17) is 12.2 Å². The molecule has 24 heavy (non-hydrogen) atoms. The van der Waals surface area contributed by atoms with Crippen molar-refractivity contribution in [1.82, 2.24) is 9.88 Å². The predicted molar refractivity (Wildman–Crippen MR) is 105 cm³/mol. The number of hydrogen-bond acceptors (Lipinski definition) is 5. The van der Waals surface area contributed by atoms with E-state index in [9.17, 15) is 4.79 Å². The average Bonchev–Trinajstić information content (AvgIpc) is 2.94. The third kappa shape index (κ3) is 4.68. The standard InChI is InChI=1S/C16H24N4OS3/c1-11-3-4-12-13(9-11)24-15(17-12)18-14(21)10-23-16(22)20-7-5-19(2)6-8-20/h11H,3-10H2,1-2H3,(H,17,18,21)/p+1/t11-/m0/s1. The van der Waals surface area contributed by atoms with E-state index in [-0.39, 0.29) is 5.91 Å². The highest BCUT2D eigenvalue weighted by Gasteiger charge is 2.22. The van der Waals surface area contributed by atoms with Crippen LogP contribution in [0.1, 0.15) is 23.9 Å². The molecule has 0 aromatic carbocycles. The Morgan fingerprint density at radius 3 is 3.00 bits per heavy atom. The number of anilines is 1. The smallest absolute Gasteiger partial charge is 0.236 e. The summed E-state index contributed by atoms with van der Waals surface area (Å²) in [5.74, 6) is 1.07. The van der Waals surface area contributed by atoms with Gasteiger partial charge in [0.25, 0.3) is 0 Å². The monoisotopic (exact) mass is 385 g/mol. The molecule has 0 radical (unpaired) electrons. The lowest BCUT2D eigenvalue weighted by Crippen LogP contribution is -3.12. The van der Waals surface area contributed by atoms with Gasteiger partial charge in [-0.25, -0.2) is 4.98 Å². The van der Waals surface area contributed by atoms with Crippen molar-refractivity contribution in [3.05, 3.63) is 10.6 Å². The highest BCUT2D eigenvalue weighted by atomic mass is 32.2. The number of fused-ring (bicyclic) bond motifs is 1. The first-order valence-electron chi connectivity index (χ1n) is 8.52. The Morgan fingerprint density at radius 2 is 2.25 bits per heavy atom. The van der Waals surface area contributed by atoms with E-state index in [1.807, 2.05) is 0 Å². The Morgan fingerprint density at radius 1 is 1.50 bits per heavy atom. The Balaban J connectivity index is 1.45. The van der Waals surface area contributed by atoms with E-state index < -0.39 is 0 Å². The number of aromatic nitrogens is 1. The number of nitrogens with zero attached hydrogens (tertiary/aromatic N) is 2. The number of thiazole rings is 1. The zero-order chi connectivity index (χ0) is 17.1. The lowest BCUT2D eigenvalue weighted by molar-refractivity contribution is -0.883. The van der Waals surface area contributed by atoms with Gasteiger partial charge in [0.15, 0.2) is 5.13 Å². The first-order valence-corrected chi connectivity index (χ1v) is 10.7. The van der Waals surface area contributed by atoms with Gasteiger partial charge in [-0.05, 0) is 25.2 Å². The molecule has 2 heterocycles. The highest BCUT2D eigenvalue weighted by Crippen LogP contribution is 2.32. The molecule has 1 saturated heterocycles. The fourth-order valence-electron chi connectivity index (χ4n) is 3.04. The molecule has 132 valence electrons. The molecule has 2 N–H and O–H groups in total. The molecule has 0 saturated carbocycles. The van der Waals surface area contributed by atoms with Crippen molar-refractivity contribution in [2.24, 2.45) is 5.92 Å². The summed E-state index contributed by atoms with van der Waals surface area (Å²) in [4.78, 5) is 21.9. The molecule has 0 unspecified atom stereocenters. The van der Waals surface area contributed by atoms with Crippen molar-refractivity contribution in [3.63, 3.8) is 0 Å². The number of thiocarbonyl (C=S) groups is 1. The van der Waals surface area contributed by atoms with Crippen LogP contribution in [-0.4, -0.2) is 59.1 Å². The number of aryl methyl sites for hydroxylation is 1. The van der Waals surface area contributed by atoms with Gasteiger partial charge in [-0.3, -0.25) is 4.79 Å². The van der Waals surface area contributed by atoms with Gasteiger partial charge in [0.05, 0.1) is 44.7 Å². The largest absolute Gasteiger partial charge is 0.346 e. The van der Waals surface area contributed by atoms with Gasteiger partial charge >= 0.3 is 0 Å². The van der Waals surface area contributed by atoms with E-state index in [2.05, 4.69) is 29.2 Å². The Hall–Kier alpha value is -0.700. The molecule has 8 heteroatoms. The topological polar surface area (TPSA) is 49.7 Å². The van der Waals surface area contributed by atoms with Crippen LogP contribution in [0.2, 0.25) is 0 Å². The fourth-order valence-corrected chi connectivity index (χ4v) is 5.28. The molecular formula is C16H25N4OS3+. The SMILES string of the molecule is C[C@H]1CCc2nc(NC(=O)CSC(=S)N3CC[NH+](C)CC3)sc2C1. The van der Waals surface area contributed by atoms with E-state index in [1.54, 1.807) is 16.2 Å². The summed E-state index contributed by atoms with van der Waals surface area (Å²) in [5.41, 5.74) is 1.18. The molecule has 5 nitrogen and oxygen atoms in total. The minimum atomic E-state index is -0.0127. The van der Waals surface area contributed by atoms with Gasteiger partial charge < -0.3 is 15.1 Å². The first kappa shape index (κ1) is 18.1. The average molecular weight is 386 g/mol. The minimum Gasteiger partial charge on any atom is -0.346 e. The van der Waals surface area contributed by atoms with Crippen LogP contribution in [0.5, 0.6) is 0 Å². The quantitative estimate of drug-likeness (QED) is 0.762. The number of quaternary nitrogens is 1. The van der Waals surface area contributed by atoms with E-state index in [0.29, 0.717) is 5.75 Å². The third-order valence-electron chi connectivity index (χ3n) is 4.63. The summed E-state index contributed by atoms with van der Waals surface area (Å²) < 4.78 is 0.838. The number of hydrogen-bond donors (Lipinski definition) is 2. The molecule has 1 amide bonds. The molecule has 0 spiro atoms. The summed E-state index contributed by atoms with van der Waals surface area (Å²) in [7, 11) is 2.20. The van der Waals surface area contributed by atoms with E-state index in [1.165, 1.54) is 28.8 Å². The van der Waals surface area contributed by atoms with Crippen LogP contribution in [0.3, 0.4) is 0 Å². The second kappa shape index (κ2) is 8.12. The van der Waals surface area contributed by atoms with Crippen LogP contribution in [0.4, 0.5) is 5.13 Å². The molecule has 1 fully saturated rings. The van der Waals surface area contributed by atoms with Crippen LogP contribution in [0.15, 0.2) is 0 Å². The number of thioether (sulfide) groups is 1. The maximum atomic E-state index is 12.2. The molecular weight excluding hydrogens is 360 g/mol. The van der Waals surface area contributed by atoms with Crippen LogP contribution < -0.4 is 10.2 Å². The molecule has 3 rings (SSSR count). The van der Waals surface area contributed by atoms with Gasteiger partial charge in [-0.2, -0.15) is 0 Å². The maximum Gasteiger partial charge on any atom is 0.236 e. The van der Waals surface area contributed by atoms with Gasteiger partial charge in [0.2, 0.25) is 5.91 Å². The van der Waals surface area contributed by atoms with Gasteiger partial charge in [-0.15, -0.1) is 11.3 Å². The summed E-state index contributed by atoms with van der Waals surface area (Å²) >= 11 is 8.56. The number of rotatable bonds is 3. The van der Waals surface area contributed by atoms with Crippen molar-refractivity contribution in [2.45, 2.75) is 26.2 Å². The second-order valence-electron chi connectivity index (χ2n) is 6.78. The minimum absolute atomic E-state index is 0.0127. The number of likely N-dealkylation sites (N-methyl/N-ethyl adjacent to an activating group) is 1. The van der Waals surface area contributed by atoms with Gasteiger partial charge in [-0.1, -0.05) is 30.9 Å². The molecule has 0 bridgehead atoms. The number of piperazine rings is 1. The Bertz CT molecular complexity index is 610. The van der Waals surface area contributed by atoms with Crippen LogP contribution in [0.25, 0.3) is 0 Å². The van der Waals surface area contributed by atoms with Crippen molar-refractivity contribution < 1.29 is 9.69 Å². The molecule has 1 aliphatic carbocycles. The molecule has 1 atom stereocenters. The van der Waals surface area contributed by atoms with Crippen LogP contribution >= 0.6 is 35.3 Å². The summed E-state index contributed by atoms with van der Waals surface area (Å²) in [6.45, 7) is 6.46. The fraction of sp³-hybridized carbons (Fsp3) is 0.688. The first-order chi connectivity index (χ1) is 11.5. The van der Waals surface area contributed by atoms with Crippen LogP contribution in [-0.2, 0) is 17.6 Å². The van der Waals surface area contributed by atoms with Crippen molar-refractivity contribution in [3.8, 4) is 0 Å². The molecule has 2 aliphatic rings. The zero-order valence-electron chi connectivity index (χ0n) is 14.3. The number of carbonyl (C=O) groups excluding carboxylic acids is 1. The number of carbonyl (C=O) groups is 1. The Labute approximate surface area is 157 Å². The van der Waals surface area contributed by atoms with E-state index >= 15 is 0 Å². The summed E-state index contributed by atoms with van der Waals surface area (Å²) in [5, 5.41) is 3.69. The van der Waals surface area contributed by atoms with Crippen molar-refractivity contribution >= 4 is 50.7 Å². The molecule has 1 aliphatic heterocycles.